The standard InChI is InChI=1S/C16H14Cl2F2N2O/c1-9(10-2-4-13(17)14(18)7-10)22-16(23)21-8-11-6-12(19)3-5-15(11)20/h2-7,9H,8H2,1H3,(H2,21,22,23). The molecule has 0 aliphatic carbocycles. The van der Waals surface area contributed by atoms with Gasteiger partial charge in [-0.15, -0.1) is 0 Å². The molecule has 122 valence electrons. The van der Waals surface area contributed by atoms with Gasteiger partial charge in [-0.1, -0.05) is 29.3 Å². The highest BCUT2D eigenvalue weighted by Gasteiger charge is 2.12. The van der Waals surface area contributed by atoms with Crippen LogP contribution in [-0.2, 0) is 6.54 Å². The molecule has 0 aromatic heterocycles. The number of hydrogen-bond donors (Lipinski definition) is 2. The number of hydrogen-bond acceptors (Lipinski definition) is 1. The third kappa shape index (κ3) is 4.81. The van der Waals surface area contributed by atoms with Crippen molar-refractivity contribution in [2.45, 2.75) is 19.5 Å². The second kappa shape index (κ2) is 7.62. The van der Waals surface area contributed by atoms with Gasteiger partial charge in [0.25, 0.3) is 0 Å². The number of benzene rings is 2. The maximum Gasteiger partial charge on any atom is 0.315 e. The summed E-state index contributed by atoms with van der Waals surface area (Å²) in [5.41, 5.74) is 0.842. The minimum atomic E-state index is -0.579. The number of rotatable bonds is 4. The molecule has 2 aromatic carbocycles. The van der Waals surface area contributed by atoms with Crippen molar-refractivity contribution < 1.29 is 13.6 Å². The highest BCUT2D eigenvalue weighted by Crippen LogP contribution is 2.25. The van der Waals surface area contributed by atoms with Crippen LogP contribution in [0, 0.1) is 11.6 Å². The molecule has 3 nitrogen and oxygen atoms in total. The summed E-state index contributed by atoms with van der Waals surface area (Å²) in [7, 11) is 0. The maximum absolute atomic E-state index is 13.5. The van der Waals surface area contributed by atoms with Crippen LogP contribution in [-0.4, -0.2) is 6.03 Å². The molecule has 0 saturated carbocycles. The van der Waals surface area contributed by atoms with E-state index in [1.807, 2.05) is 0 Å². The van der Waals surface area contributed by atoms with Gasteiger partial charge in [0, 0.05) is 12.1 Å². The van der Waals surface area contributed by atoms with Gasteiger partial charge in [0.15, 0.2) is 0 Å². The fourth-order valence-electron chi connectivity index (χ4n) is 1.97. The molecule has 1 atom stereocenters. The number of carbonyl (C=O) groups excluding carboxylic acids is 1. The van der Waals surface area contributed by atoms with Crippen LogP contribution >= 0.6 is 23.2 Å². The average molecular weight is 359 g/mol. The zero-order valence-electron chi connectivity index (χ0n) is 12.2. The van der Waals surface area contributed by atoms with Crippen LogP contribution < -0.4 is 10.6 Å². The molecule has 0 aliphatic rings. The lowest BCUT2D eigenvalue weighted by Gasteiger charge is -2.16. The first kappa shape index (κ1) is 17.5. The predicted octanol–water partition coefficient (Wildman–Crippen LogP) is 4.83. The molecule has 7 heteroatoms. The summed E-state index contributed by atoms with van der Waals surface area (Å²) in [5, 5.41) is 5.97. The summed E-state index contributed by atoms with van der Waals surface area (Å²) < 4.78 is 26.5. The molecule has 0 spiro atoms. The van der Waals surface area contributed by atoms with Crippen LogP contribution in [0.25, 0.3) is 0 Å². The fraction of sp³-hybridized carbons (Fsp3) is 0.188. The third-order valence-corrected chi connectivity index (χ3v) is 3.98. The highest BCUT2D eigenvalue weighted by molar-refractivity contribution is 6.42. The minimum absolute atomic E-state index is 0.0716. The minimum Gasteiger partial charge on any atom is -0.334 e. The normalized spacial score (nSPS) is 11.9. The predicted molar refractivity (Wildman–Crippen MR) is 86.6 cm³/mol. The molecule has 0 saturated heterocycles. The largest absolute Gasteiger partial charge is 0.334 e. The molecule has 0 radical (unpaired) electrons. The van der Waals surface area contributed by atoms with E-state index in [1.54, 1.807) is 25.1 Å². The van der Waals surface area contributed by atoms with E-state index in [0.29, 0.717) is 10.0 Å². The first-order valence-corrected chi connectivity index (χ1v) is 7.55. The van der Waals surface area contributed by atoms with Crippen LogP contribution in [0.3, 0.4) is 0 Å². The van der Waals surface area contributed by atoms with Crippen molar-refractivity contribution in [2.75, 3.05) is 0 Å². The van der Waals surface area contributed by atoms with E-state index >= 15 is 0 Å². The Morgan fingerprint density at radius 1 is 1.13 bits per heavy atom. The Morgan fingerprint density at radius 2 is 1.87 bits per heavy atom. The van der Waals surface area contributed by atoms with Crippen LogP contribution in [0.15, 0.2) is 36.4 Å². The summed E-state index contributed by atoms with van der Waals surface area (Å²) in [4.78, 5) is 11.9. The van der Waals surface area contributed by atoms with E-state index in [9.17, 15) is 13.6 Å². The topological polar surface area (TPSA) is 41.1 Å². The van der Waals surface area contributed by atoms with Crippen molar-refractivity contribution in [3.8, 4) is 0 Å². The first-order valence-electron chi connectivity index (χ1n) is 6.80. The van der Waals surface area contributed by atoms with Gasteiger partial charge in [0.1, 0.15) is 11.6 Å². The second-order valence-electron chi connectivity index (χ2n) is 4.96. The fourth-order valence-corrected chi connectivity index (χ4v) is 2.27. The van der Waals surface area contributed by atoms with Crippen molar-refractivity contribution in [1.82, 2.24) is 10.6 Å². The Bertz CT molecular complexity index is 725. The van der Waals surface area contributed by atoms with E-state index in [2.05, 4.69) is 10.6 Å². The van der Waals surface area contributed by atoms with Gasteiger partial charge in [0.2, 0.25) is 0 Å². The average Bonchev–Trinajstić information content (AvgIpc) is 2.50. The van der Waals surface area contributed by atoms with Crippen LogP contribution in [0.1, 0.15) is 24.1 Å². The van der Waals surface area contributed by atoms with Gasteiger partial charge in [-0.05, 0) is 42.8 Å². The van der Waals surface area contributed by atoms with Crippen LogP contribution in [0.4, 0.5) is 13.6 Å². The summed E-state index contributed by atoms with van der Waals surface area (Å²) in [6.07, 6.45) is 0. The lowest BCUT2D eigenvalue weighted by molar-refractivity contribution is 0.237. The smallest absolute Gasteiger partial charge is 0.315 e. The SMILES string of the molecule is CC(NC(=O)NCc1cc(F)ccc1F)c1ccc(Cl)c(Cl)c1. The maximum atomic E-state index is 13.5. The molecule has 2 amide bonds. The molecule has 2 N–H and O–H groups in total. The van der Waals surface area contributed by atoms with Gasteiger partial charge in [0.05, 0.1) is 16.1 Å². The summed E-state index contributed by atoms with van der Waals surface area (Å²) in [6.45, 7) is 1.64. The molecule has 0 heterocycles. The molecule has 2 aromatic rings. The Balaban J connectivity index is 1.93. The number of amides is 2. The van der Waals surface area contributed by atoms with Crippen molar-refractivity contribution in [1.29, 1.82) is 0 Å². The van der Waals surface area contributed by atoms with Crippen LogP contribution in [0.5, 0.6) is 0 Å². The van der Waals surface area contributed by atoms with Gasteiger partial charge in [-0.25, -0.2) is 13.6 Å². The molecule has 0 fully saturated rings. The zero-order valence-corrected chi connectivity index (χ0v) is 13.7. The van der Waals surface area contributed by atoms with E-state index in [-0.39, 0.29) is 18.2 Å². The summed E-state index contributed by atoms with van der Waals surface area (Å²) >= 11 is 11.8. The van der Waals surface area contributed by atoms with Gasteiger partial charge in [-0.2, -0.15) is 0 Å². The van der Waals surface area contributed by atoms with Gasteiger partial charge < -0.3 is 10.6 Å². The number of urea groups is 1. The summed E-state index contributed by atoms with van der Waals surface area (Å²) in [6, 6.07) is 7.27. The molecule has 1 unspecified atom stereocenters. The lowest BCUT2D eigenvalue weighted by atomic mass is 10.1. The van der Waals surface area contributed by atoms with Crippen molar-refractivity contribution in [3.63, 3.8) is 0 Å². The van der Waals surface area contributed by atoms with E-state index in [4.69, 9.17) is 23.2 Å². The van der Waals surface area contributed by atoms with Crippen molar-refractivity contribution >= 4 is 29.2 Å². The number of carbonyl (C=O) groups is 1. The molecule has 0 bridgehead atoms. The van der Waals surface area contributed by atoms with E-state index < -0.39 is 17.7 Å². The quantitative estimate of drug-likeness (QED) is 0.807. The Labute approximate surface area is 142 Å². The monoisotopic (exact) mass is 358 g/mol. The third-order valence-electron chi connectivity index (χ3n) is 3.24. The van der Waals surface area contributed by atoms with Gasteiger partial charge in [-0.3, -0.25) is 0 Å². The Hall–Kier alpha value is -1.85. The highest BCUT2D eigenvalue weighted by atomic mass is 35.5. The molecule has 0 aliphatic heterocycles. The van der Waals surface area contributed by atoms with Crippen LogP contribution in [0.2, 0.25) is 10.0 Å². The molecular formula is C16H14Cl2F2N2O. The Morgan fingerprint density at radius 3 is 2.57 bits per heavy atom. The van der Waals surface area contributed by atoms with E-state index in [0.717, 1.165) is 23.8 Å². The number of halogens is 4. The number of nitrogens with one attached hydrogen (secondary N) is 2. The molecule has 23 heavy (non-hydrogen) atoms. The first-order chi connectivity index (χ1) is 10.9. The van der Waals surface area contributed by atoms with E-state index in [1.165, 1.54) is 0 Å². The Kier molecular flexibility index (Phi) is 5.80. The molecule has 2 rings (SSSR count). The second-order valence-corrected chi connectivity index (χ2v) is 5.77. The van der Waals surface area contributed by atoms with Crippen molar-refractivity contribution in [3.05, 3.63) is 69.2 Å². The van der Waals surface area contributed by atoms with Crippen molar-refractivity contribution in [2.24, 2.45) is 0 Å². The lowest BCUT2D eigenvalue weighted by Crippen LogP contribution is -2.36. The zero-order chi connectivity index (χ0) is 17.0. The molecular weight excluding hydrogens is 345 g/mol. The van der Waals surface area contributed by atoms with Gasteiger partial charge >= 0.3 is 6.03 Å². The summed E-state index contributed by atoms with van der Waals surface area (Å²) in [5.74, 6) is -1.14.